The number of aliphatic hydroxyl groups is 1. The Balaban J connectivity index is 2.86. The van der Waals surface area contributed by atoms with Gasteiger partial charge in [-0.25, -0.2) is 0 Å². The molecule has 0 spiro atoms. The van der Waals surface area contributed by atoms with E-state index in [0.717, 1.165) is 12.8 Å². The highest BCUT2D eigenvalue weighted by Gasteiger charge is 1.88. The highest BCUT2D eigenvalue weighted by Crippen LogP contribution is 2.06. The molecule has 0 aliphatic rings. The van der Waals surface area contributed by atoms with Crippen molar-refractivity contribution >= 4 is 0 Å². The molecule has 0 bridgehead atoms. The standard InChI is InChI=1S/C11H20O/c1-2-3-4-5-6-7-8-9-10-11-12/h3,12H,1,4-11H2. The molecule has 1 heteroatoms. The van der Waals surface area contributed by atoms with E-state index in [0.29, 0.717) is 6.61 Å². The van der Waals surface area contributed by atoms with Crippen molar-refractivity contribution in [3.63, 3.8) is 0 Å². The number of aliphatic hydroxyl groups excluding tert-OH is 1. The van der Waals surface area contributed by atoms with Gasteiger partial charge in [0.1, 0.15) is 0 Å². The molecule has 0 radical (unpaired) electrons. The minimum absolute atomic E-state index is 0.346. The number of hydrogen-bond donors (Lipinski definition) is 1. The summed E-state index contributed by atoms with van der Waals surface area (Å²) >= 11 is 0. The van der Waals surface area contributed by atoms with Gasteiger partial charge >= 0.3 is 0 Å². The molecule has 0 unspecified atom stereocenters. The lowest BCUT2D eigenvalue weighted by Gasteiger charge is -1.97. The van der Waals surface area contributed by atoms with Crippen molar-refractivity contribution in [1.29, 1.82) is 0 Å². The van der Waals surface area contributed by atoms with Crippen LogP contribution in [-0.4, -0.2) is 11.7 Å². The molecule has 0 atom stereocenters. The SMILES string of the molecule is C=C=CCCCCCCCCO. The summed E-state index contributed by atoms with van der Waals surface area (Å²) in [6.07, 6.45) is 10.4. The summed E-state index contributed by atoms with van der Waals surface area (Å²) in [5.74, 6) is 0. The lowest BCUT2D eigenvalue weighted by molar-refractivity contribution is 0.282. The van der Waals surface area contributed by atoms with E-state index in [4.69, 9.17) is 5.11 Å². The van der Waals surface area contributed by atoms with Gasteiger partial charge in [-0.3, -0.25) is 0 Å². The number of hydrogen-bond acceptors (Lipinski definition) is 1. The Labute approximate surface area is 75.8 Å². The van der Waals surface area contributed by atoms with Crippen LogP contribution in [0.2, 0.25) is 0 Å². The van der Waals surface area contributed by atoms with Crippen LogP contribution < -0.4 is 0 Å². The molecule has 0 aromatic rings. The highest BCUT2D eigenvalue weighted by molar-refractivity contribution is 4.74. The van der Waals surface area contributed by atoms with E-state index in [-0.39, 0.29) is 0 Å². The topological polar surface area (TPSA) is 20.2 Å². The van der Waals surface area contributed by atoms with E-state index in [1.54, 1.807) is 0 Å². The molecule has 0 aliphatic carbocycles. The van der Waals surface area contributed by atoms with Crippen LogP contribution in [0.4, 0.5) is 0 Å². The van der Waals surface area contributed by atoms with Crippen molar-refractivity contribution in [1.82, 2.24) is 0 Å². The van der Waals surface area contributed by atoms with E-state index < -0.39 is 0 Å². The van der Waals surface area contributed by atoms with Crippen molar-refractivity contribution < 1.29 is 5.11 Å². The average Bonchev–Trinajstić information content (AvgIpc) is 2.10. The van der Waals surface area contributed by atoms with Crippen molar-refractivity contribution in [2.75, 3.05) is 6.61 Å². The predicted octanol–water partition coefficient (Wildman–Crippen LogP) is 3.05. The molecule has 0 heterocycles. The molecule has 1 N–H and O–H groups in total. The Hall–Kier alpha value is -0.520. The molecular weight excluding hydrogens is 148 g/mol. The Morgan fingerprint density at radius 1 is 1.00 bits per heavy atom. The molecule has 12 heavy (non-hydrogen) atoms. The van der Waals surface area contributed by atoms with Gasteiger partial charge in [0.15, 0.2) is 0 Å². The van der Waals surface area contributed by atoms with Crippen LogP contribution in [0.3, 0.4) is 0 Å². The van der Waals surface area contributed by atoms with E-state index in [9.17, 15) is 0 Å². The van der Waals surface area contributed by atoms with Gasteiger partial charge in [-0.1, -0.05) is 32.3 Å². The lowest BCUT2D eigenvalue weighted by Crippen LogP contribution is -1.83. The third kappa shape index (κ3) is 9.48. The van der Waals surface area contributed by atoms with Crippen LogP contribution in [-0.2, 0) is 0 Å². The molecule has 1 nitrogen and oxygen atoms in total. The zero-order valence-electron chi connectivity index (χ0n) is 7.89. The van der Waals surface area contributed by atoms with Gasteiger partial charge in [-0.05, 0) is 25.3 Å². The first-order valence-corrected chi connectivity index (χ1v) is 4.87. The average molecular weight is 168 g/mol. The van der Waals surface area contributed by atoms with Gasteiger partial charge in [0.2, 0.25) is 0 Å². The smallest absolute Gasteiger partial charge is 0.0431 e. The second-order valence-electron chi connectivity index (χ2n) is 3.04. The first kappa shape index (κ1) is 11.5. The molecule has 0 fully saturated rings. The van der Waals surface area contributed by atoms with Gasteiger partial charge in [0.25, 0.3) is 0 Å². The number of allylic oxidation sites excluding steroid dienone is 1. The lowest BCUT2D eigenvalue weighted by atomic mass is 10.1. The fourth-order valence-corrected chi connectivity index (χ4v) is 1.17. The fourth-order valence-electron chi connectivity index (χ4n) is 1.17. The normalized spacial score (nSPS) is 9.42. The van der Waals surface area contributed by atoms with Gasteiger partial charge in [-0.15, -0.1) is 5.73 Å². The Kier molecular flexibility index (Phi) is 10.0. The van der Waals surface area contributed by atoms with E-state index in [1.807, 2.05) is 6.08 Å². The Bertz CT molecular complexity index is 123. The summed E-state index contributed by atoms with van der Waals surface area (Å²) in [5, 5.41) is 8.52. The maximum atomic E-state index is 8.52. The molecule has 0 aromatic carbocycles. The van der Waals surface area contributed by atoms with Gasteiger partial charge in [0, 0.05) is 6.61 Å². The van der Waals surface area contributed by atoms with Crippen LogP contribution in [0.5, 0.6) is 0 Å². The summed E-state index contributed by atoms with van der Waals surface area (Å²) in [7, 11) is 0. The monoisotopic (exact) mass is 168 g/mol. The minimum atomic E-state index is 0.346. The quantitative estimate of drug-likeness (QED) is 0.436. The third-order valence-corrected chi connectivity index (χ3v) is 1.90. The van der Waals surface area contributed by atoms with Crippen molar-refractivity contribution in [2.24, 2.45) is 0 Å². The molecule has 0 amide bonds. The zero-order valence-corrected chi connectivity index (χ0v) is 7.89. The van der Waals surface area contributed by atoms with E-state index in [2.05, 4.69) is 12.3 Å². The van der Waals surface area contributed by atoms with Crippen LogP contribution in [0.15, 0.2) is 18.4 Å². The summed E-state index contributed by atoms with van der Waals surface area (Å²) in [4.78, 5) is 0. The third-order valence-electron chi connectivity index (χ3n) is 1.90. The summed E-state index contributed by atoms with van der Waals surface area (Å²) < 4.78 is 0. The first-order chi connectivity index (χ1) is 5.91. The first-order valence-electron chi connectivity index (χ1n) is 4.87. The molecule has 0 rings (SSSR count). The van der Waals surface area contributed by atoms with Crippen molar-refractivity contribution in [2.45, 2.75) is 44.9 Å². The molecule has 70 valence electrons. The van der Waals surface area contributed by atoms with Gasteiger partial charge in [-0.2, -0.15) is 0 Å². The Morgan fingerprint density at radius 2 is 1.58 bits per heavy atom. The van der Waals surface area contributed by atoms with Gasteiger partial charge < -0.3 is 5.11 Å². The van der Waals surface area contributed by atoms with Crippen molar-refractivity contribution in [3.05, 3.63) is 18.4 Å². The van der Waals surface area contributed by atoms with E-state index in [1.165, 1.54) is 32.1 Å². The van der Waals surface area contributed by atoms with Crippen LogP contribution >= 0.6 is 0 Å². The van der Waals surface area contributed by atoms with E-state index >= 15 is 0 Å². The van der Waals surface area contributed by atoms with Crippen molar-refractivity contribution in [3.8, 4) is 0 Å². The Morgan fingerprint density at radius 3 is 2.17 bits per heavy atom. The van der Waals surface area contributed by atoms with Crippen LogP contribution in [0.25, 0.3) is 0 Å². The summed E-state index contributed by atoms with van der Waals surface area (Å²) in [6.45, 7) is 3.86. The molecule has 0 saturated carbocycles. The van der Waals surface area contributed by atoms with Gasteiger partial charge in [0.05, 0.1) is 0 Å². The summed E-state index contributed by atoms with van der Waals surface area (Å²) in [5.41, 5.74) is 2.77. The number of unbranched alkanes of at least 4 members (excludes halogenated alkanes) is 6. The minimum Gasteiger partial charge on any atom is -0.396 e. The predicted molar refractivity (Wildman–Crippen MR) is 53.1 cm³/mol. The second-order valence-corrected chi connectivity index (χ2v) is 3.04. The molecule has 0 aromatic heterocycles. The maximum absolute atomic E-state index is 8.52. The molecular formula is C11H20O. The number of rotatable bonds is 8. The molecule has 0 aliphatic heterocycles. The van der Waals surface area contributed by atoms with Crippen LogP contribution in [0, 0.1) is 0 Å². The largest absolute Gasteiger partial charge is 0.396 e. The fraction of sp³-hybridized carbons (Fsp3) is 0.727. The zero-order chi connectivity index (χ0) is 9.07. The summed E-state index contributed by atoms with van der Waals surface area (Å²) in [6, 6.07) is 0. The van der Waals surface area contributed by atoms with Crippen LogP contribution in [0.1, 0.15) is 44.9 Å². The maximum Gasteiger partial charge on any atom is 0.0431 e. The highest BCUT2D eigenvalue weighted by atomic mass is 16.2. The second kappa shape index (κ2) is 10.5. The molecule has 0 saturated heterocycles.